The summed E-state index contributed by atoms with van der Waals surface area (Å²) < 4.78 is 24.3. The van der Waals surface area contributed by atoms with Crippen LogP contribution in [-0.2, 0) is 14.3 Å². The minimum Gasteiger partial charge on any atom is -0.485 e. The SMILES string of the molecule is CCOC(=O)CC1=c2ccccc2=C2C=C(F)C=CC2O1. The van der Waals surface area contributed by atoms with E-state index in [1.165, 1.54) is 12.2 Å². The summed E-state index contributed by atoms with van der Waals surface area (Å²) in [7, 11) is 0. The van der Waals surface area contributed by atoms with Crippen molar-refractivity contribution in [2.75, 3.05) is 6.61 Å². The lowest BCUT2D eigenvalue weighted by molar-refractivity contribution is -0.142. The maximum Gasteiger partial charge on any atom is 0.313 e. The summed E-state index contributed by atoms with van der Waals surface area (Å²) in [5, 5.41) is 1.71. The topological polar surface area (TPSA) is 35.5 Å². The molecule has 3 rings (SSSR count). The van der Waals surface area contributed by atoms with Gasteiger partial charge in [-0.1, -0.05) is 24.3 Å². The third-order valence-corrected chi connectivity index (χ3v) is 3.45. The first-order valence-corrected chi connectivity index (χ1v) is 6.89. The molecule has 0 spiro atoms. The van der Waals surface area contributed by atoms with E-state index in [0.717, 1.165) is 16.0 Å². The van der Waals surface area contributed by atoms with Crippen LogP contribution in [0.15, 0.2) is 48.3 Å². The zero-order valence-electron chi connectivity index (χ0n) is 11.6. The number of allylic oxidation sites excluding steroid dienone is 2. The number of ether oxygens (including phenoxy) is 2. The van der Waals surface area contributed by atoms with E-state index in [1.807, 2.05) is 24.3 Å². The largest absolute Gasteiger partial charge is 0.485 e. The van der Waals surface area contributed by atoms with Crippen LogP contribution in [0.25, 0.3) is 11.3 Å². The average Bonchev–Trinajstić information content (AvgIpc) is 2.48. The first kappa shape index (κ1) is 13.6. The second kappa shape index (κ2) is 5.56. The highest BCUT2D eigenvalue weighted by Crippen LogP contribution is 2.25. The molecule has 2 aliphatic rings. The molecule has 1 aromatic rings. The highest BCUT2D eigenvalue weighted by Gasteiger charge is 2.24. The smallest absolute Gasteiger partial charge is 0.313 e. The fourth-order valence-corrected chi connectivity index (χ4v) is 2.57. The fraction of sp³-hybridized carbons (Fsp3) is 0.235. The van der Waals surface area contributed by atoms with Crippen molar-refractivity contribution in [3.8, 4) is 0 Å². The quantitative estimate of drug-likeness (QED) is 0.794. The molecule has 108 valence electrons. The summed E-state index contributed by atoms with van der Waals surface area (Å²) >= 11 is 0. The molecule has 0 saturated carbocycles. The molecule has 1 unspecified atom stereocenters. The number of hydrogen-bond acceptors (Lipinski definition) is 3. The van der Waals surface area contributed by atoms with E-state index in [2.05, 4.69) is 0 Å². The highest BCUT2D eigenvalue weighted by molar-refractivity contribution is 5.80. The number of carbonyl (C=O) groups excluding carboxylic acids is 1. The van der Waals surface area contributed by atoms with Crippen LogP contribution in [0.5, 0.6) is 0 Å². The first-order chi connectivity index (χ1) is 10.2. The predicted molar refractivity (Wildman–Crippen MR) is 77.0 cm³/mol. The maximum atomic E-state index is 13.5. The van der Waals surface area contributed by atoms with E-state index in [9.17, 15) is 9.18 Å². The van der Waals surface area contributed by atoms with Crippen LogP contribution in [0.1, 0.15) is 13.3 Å². The molecule has 0 saturated heterocycles. The van der Waals surface area contributed by atoms with Gasteiger partial charge >= 0.3 is 5.97 Å². The fourth-order valence-electron chi connectivity index (χ4n) is 2.57. The van der Waals surface area contributed by atoms with Gasteiger partial charge in [0.1, 0.15) is 24.1 Å². The molecular formula is C17H15FO3. The van der Waals surface area contributed by atoms with E-state index in [-0.39, 0.29) is 24.3 Å². The Hall–Kier alpha value is -2.36. The van der Waals surface area contributed by atoms with Gasteiger partial charge in [-0.2, -0.15) is 0 Å². The van der Waals surface area contributed by atoms with Crippen LogP contribution in [0, 0.1) is 0 Å². The maximum absolute atomic E-state index is 13.5. The molecule has 0 bridgehead atoms. The Labute approximate surface area is 121 Å². The highest BCUT2D eigenvalue weighted by atomic mass is 19.1. The van der Waals surface area contributed by atoms with Crippen LogP contribution < -0.4 is 10.4 Å². The molecule has 21 heavy (non-hydrogen) atoms. The van der Waals surface area contributed by atoms with Crippen LogP contribution in [0.4, 0.5) is 4.39 Å². The van der Waals surface area contributed by atoms with Crippen LogP contribution in [0.3, 0.4) is 0 Å². The number of halogens is 1. The summed E-state index contributed by atoms with van der Waals surface area (Å²) in [6.07, 6.45) is 4.23. The summed E-state index contributed by atoms with van der Waals surface area (Å²) in [4.78, 5) is 11.7. The Morgan fingerprint density at radius 2 is 2.10 bits per heavy atom. The summed E-state index contributed by atoms with van der Waals surface area (Å²) in [5.74, 6) is -0.0566. The lowest BCUT2D eigenvalue weighted by Gasteiger charge is -2.25. The summed E-state index contributed by atoms with van der Waals surface area (Å²) in [5.41, 5.74) is 0.776. The lowest BCUT2D eigenvalue weighted by Crippen LogP contribution is -2.39. The van der Waals surface area contributed by atoms with E-state index >= 15 is 0 Å². The zero-order valence-corrected chi connectivity index (χ0v) is 11.6. The van der Waals surface area contributed by atoms with Crippen molar-refractivity contribution in [2.45, 2.75) is 19.4 Å². The molecule has 4 heteroatoms. The van der Waals surface area contributed by atoms with Crippen molar-refractivity contribution in [2.24, 2.45) is 0 Å². The third-order valence-electron chi connectivity index (χ3n) is 3.45. The molecule has 3 nitrogen and oxygen atoms in total. The predicted octanol–water partition coefficient (Wildman–Crippen LogP) is 1.72. The molecule has 1 aliphatic heterocycles. The second-order valence-corrected chi connectivity index (χ2v) is 4.83. The Morgan fingerprint density at radius 3 is 2.86 bits per heavy atom. The monoisotopic (exact) mass is 286 g/mol. The lowest BCUT2D eigenvalue weighted by atomic mass is 9.97. The van der Waals surface area contributed by atoms with Gasteiger partial charge in [0.05, 0.1) is 6.61 Å². The van der Waals surface area contributed by atoms with E-state index in [1.54, 1.807) is 13.0 Å². The Bertz CT molecular complexity index is 758. The van der Waals surface area contributed by atoms with Crippen molar-refractivity contribution in [1.29, 1.82) is 0 Å². The second-order valence-electron chi connectivity index (χ2n) is 4.83. The van der Waals surface area contributed by atoms with Crippen LogP contribution >= 0.6 is 0 Å². The molecule has 0 amide bonds. The molecule has 1 aromatic carbocycles. The molecule has 1 atom stereocenters. The molecule has 0 aromatic heterocycles. The molecular weight excluding hydrogens is 271 g/mol. The van der Waals surface area contributed by atoms with Crippen molar-refractivity contribution >= 4 is 17.3 Å². The minimum atomic E-state index is -0.358. The standard InChI is InChI=1S/C17H15FO3/c1-2-20-17(19)10-16-13-6-4-3-5-12(13)14-9-11(18)7-8-15(14)21-16/h3-9,15H,2,10H2,1H3. The number of rotatable bonds is 3. The number of esters is 1. The average molecular weight is 286 g/mol. The van der Waals surface area contributed by atoms with Crippen LogP contribution in [-0.4, -0.2) is 18.7 Å². The van der Waals surface area contributed by atoms with E-state index in [0.29, 0.717) is 12.4 Å². The molecule has 0 radical (unpaired) electrons. The van der Waals surface area contributed by atoms with Crippen LogP contribution in [0.2, 0.25) is 0 Å². The van der Waals surface area contributed by atoms with Gasteiger partial charge in [0.2, 0.25) is 0 Å². The molecule has 0 fully saturated rings. The van der Waals surface area contributed by atoms with Crippen molar-refractivity contribution in [3.63, 3.8) is 0 Å². The zero-order chi connectivity index (χ0) is 14.8. The van der Waals surface area contributed by atoms with Gasteiger partial charge < -0.3 is 9.47 Å². The van der Waals surface area contributed by atoms with Gasteiger partial charge in [-0.25, -0.2) is 4.39 Å². The van der Waals surface area contributed by atoms with Gasteiger partial charge in [-0.15, -0.1) is 0 Å². The van der Waals surface area contributed by atoms with Gasteiger partial charge in [0.15, 0.2) is 0 Å². The summed E-state index contributed by atoms with van der Waals surface area (Å²) in [6, 6.07) is 7.54. The Kier molecular flexibility index (Phi) is 3.60. The van der Waals surface area contributed by atoms with E-state index in [4.69, 9.17) is 9.47 Å². The Morgan fingerprint density at radius 1 is 1.33 bits per heavy atom. The number of fused-ring (bicyclic) bond motifs is 2. The normalized spacial score (nSPS) is 19.3. The van der Waals surface area contributed by atoms with Gasteiger partial charge in [0, 0.05) is 10.8 Å². The van der Waals surface area contributed by atoms with Gasteiger partial charge in [-0.3, -0.25) is 4.79 Å². The minimum absolute atomic E-state index is 0.0780. The molecule has 1 heterocycles. The van der Waals surface area contributed by atoms with Crippen molar-refractivity contribution < 1.29 is 18.7 Å². The number of hydrogen-bond donors (Lipinski definition) is 0. The number of carbonyl (C=O) groups is 1. The van der Waals surface area contributed by atoms with Gasteiger partial charge in [-0.05, 0) is 30.4 Å². The Balaban J connectivity index is 2.15. The van der Waals surface area contributed by atoms with E-state index < -0.39 is 0 Å². The van der Waals surface area contributed by atoms with Crippen molar-refractivity contribution in [1.82, 2.24) is 0 Å². The van der Waals surface area contributed by atoms with Gasteiger partial charge in [0.25, 0.3) is 0 Å². The number of benzene rings is 1. The molecule has 1 aliphatic carbocycles. The van der Waals surface area contributed by atoms with Crippen molar-refractivity contribution in [3.05, 3.63) is 58.8 Å². The first-order valence-electron chi connectivity index (χ1n) is 6.89. The summed E-state index contributed by atoms with van der Waals surface area (Å²) in [6.45, 7) is 2.10. The third kappa shape index (κ3) is 2.61. The molecule has 0 N–H and O–H groups in total.